The number of nitrogens with one attached hydrogen (secondary N) is 1. The number of carbonyl (C=O) groups excluding carboxylic acids is 2. The number of nitrogens with zero attached hydrogens (tertiary/aromatic N) is 5. The fourth-order valence-corrected chi connectivity index (χ4v) is 6.38. The summed E-state index contributed by atoms with van der Waals surface area (Å²) in [5, 5.41) is 18.6. The van der Waals surface area contributed by atoms with Crippen molar-refractivity contribution < 1.29 is 28.5 Å². The lowest BCUT2D eigenvalue weighted by Gasteiger charge is -2.22. The molecule has 1 atom stereocenters. The fourth-order valence-electron chi connectivity index (χ4n) is 5.57. The Labute approximate surface area is 294 Å². The highest BCUT2D eigenvalue weighted by Crippen LogP contribution is 2.35. The first kappa shape index (κ1) is 34.1. The van der Waals surface area contributed by atoms with Crippen molar-refractivity contribution in [2.45, 2.75) is 24.2 Å². The highest BCUT2D eigenvalue weighted by Gasteiger charge is 2.33. The third-order valence-corrected chi connectivity index (χ3v) is 9.09. The zero-order valence-electron chi connectivity index (χ0n) is 28.0. The number of methoxy groups -OCH3 is 4. The molecule has 0 radical (unpaired) electrons. The standard InChI is InChI=1S/C37H36N6O6S/c1-46-27-16-12-24(13-17-27)30-21-32(25-14-18-28(47-2)19-15-25)43(41-30)35(44)23-50-37-40-39-34(42(37)31-10-5-6-11-33(31)49-4)22-38-36(45)26-8-7-9-29(20-26)48-3/h5-20,32H,21-23H2,1-4H3,(H,38,45)/t32-/m1/s1. The Bertz CT molecular complexity index is 2000. The predicted molar refractivity (Wildman–Crippen MR) is 190 cm³/mol. The van der Waals surface area contributed by atoms with Gasteiger partial charge in [-0.05, 0) is 77.9 Å². The molecule has 12 nitrogen and oxygen atoms in total. The summed E-state index contributed by atoms with van der Waals surface area (Å²) < 4.78 is 23.4. The Hall–Kier alpha value is -5.82. The number of hydrazone groups is 1. The van der Waals surface area contributed by atoms with Gasteiger partial charge in [0, 0.05) is 12.0 Å². The van der Waals surface area contributed by atoms with Crippen molar-refractivity contribution in [3.8, 4) is 28.7 Å². The molecule has 2 heterocycles. The average Bonchev–Trinajstić information content (AvgIpc) is 3.81. The van der Waals surface area contributed by atoms with E-state index in [1.807, 2.05) is 72.8 Å². The third-order valence-electron chi connectivity index (χ3n) is 8.18. The number of para-hydroxylation sites is 2. The molecule has 0 saturated carbocycles. The molecule has 4 aromatic carbocycles. The molecule has 1 aliphatic rings. The van der Waals surface area contributed by atoms with Crippen LogP contribution in [-0.2, 0) is 11.3 Å². The van der Waals surface area contributed by atoms with Gasteiger partial charge in [-0.3, -0.25) is 14.2 Å². The van der Waals surface area contributed by atoms with Crippen LogP contribution in [0.5, 0.6) is 23.0 Å². The van der Waals surface area contributed by atoms with Gasteiger partial charge in [-0.25, -0.2) is 5.01 Å². The van der Waals surface area contributed by atoms with Gasteiger partial charge in [0.2, 0.25) is 0 Å². The van der Waals surface area contributed by atoms with E-state index >= 15 is 0 Å². The number of thioether (sulfide) groups is 1. The molecule has 1 aliphatic heterocycles. The van der Waals surface area contributed by atoms with Gasteiger partial charge in [0.1, 0.15) is 23.0 Å². The van der Waals surface area contributed by atoms with Crippen LogP contribution in [0.4, 0.5) is 0 Å². The van der Waals surface area contributed by atoms with Gasteiger partial charge in [0.05, 0.1) is 58.2 Å². The number of ether oxygens (including phenoxy) is 4. The van der Waals surface area contributed by atoms with Crippen molar-refractivity contribution in [2.75, 3.05) is 34.2 Å². The first-order valence-corrected chi connectivity index (χ1v) is 16.7. The minimum atomic E-state index is -0.319. The topological polar surface area (TPSA) is 129 Å². The summed E-state index contributed by atoms with van der Waals surface area (Å²) in [5.74, 6) is 2.59. The maximum atomic E-state index is 14.0. The number of aromatic nitrogens is 3. The zero-order chi connectivity index (χ0) is 35.0. The van der Waals surface area contributed by atoms with Gasteiger partial charge >= 0.3 is 0 Å². The molecular formula is C37H36N6O6S. The maximum absolute atomic E-state index is 14.0. The van der Waals surface area contributed by atoms with Crippen LogP contribution < -0.4 is 24.3 Å². The lowest BCUT2D eigenvalue weighted by molar-refractivity contribution is -0.130. The zero-order valence-corrected chi connectivity index (χ0v) is 28.8. The smallest absolute Gasteiger partial charge is 0.253 e. The van der Waals surface area contributed by atoms with E-state index in [0.29, 0.717) is 40.2 Å². The van der Waals surface area contributed by atoms with Crippen LogP contribution in [0.25, 0.3) is 5.69 Å². The predicted octanol–water partition coefficient (Wildman–Crippen LogP) is 5.70. The molecule has 6 rings (SSSR count). The van der Waals surface area contributed by atoms with Crippen LogP contribution in [-0.4, -0.2) is 71.5 Å². The van der Waals surface area contributed by atoms with Gasteiger partial charge < -0.3 is 24.3 Å². The van der Waals surface area contributed by atoms with Crippen molar-refractivity contribution in [2.24, 2.45) is 5.10 Å². The quantitative estimate of drug-likeness (QED) is 0.155. The van der Waals surface area contributed by atoms with E-state index in [-0.39, 0.29) is 30.2 Å². The molecule has 50 heavy (non-hydrogen) atoms. The molecule has 0 saturated heterocycles. The van der Waals surface area contributed by atoms with Gasteiger partial charge in [-0.2, -0.15) is 5.10 Å². The molecule has 0 aliphatic carbocycles. The maximum Gasteiger partial charge on any atom is 0.253 e. The molecule has 1 aromatic heterocycles. The van der Waals surface area contributed by atoms with Gasteiger partial charge in [-0.15, -0.1) is 10.2 Å². The Morgan fingerprint density at radius 1 is 0.800 bits per heavy atom. The molecule has 256 valence electrons. The van der Waals surface area contributed by atoms with E-state index in [4.69, 9.17) is 24.0 Å². The number of benzene rings is 4. The Morgan fingerprint density at radius 2 is 1.50 bits per heavy atom. The number of amides is 2. The normalized spacial score (nSPS) is 13.8. The summed E-state index contributed by atoms with van der Waals surface area (Å²) in [6.45, 7) is 0.0663. The van der Waals surface area contributed by atoms with Crippen molar-refractivity contribution in [1.29, 1.82) is 0 Å². The van der Waals surface area contributed by atoms with Gasteiger partial charge in [0.15, 0.2) is 11.0 Å². The molecule has 0 spiro atoms. The first-order valence-electron chi connectivity index (χ1n) is 15.7. The summed E-state index contributed by atoms with van der Waals surface area (Å²) in [6.07, 6.45) is 0.531. The van der Waals surface area contributed by atoms with Crippen LogP contribution in [0.3, 0.4) is 0 Å². The lowest BCUT2D eigenvalue weighted by Crippen LogP contribution is -2.28. The molecule has 0 bridgehead atoms. The average molecular weight is 693 g/mol. The third kappa shape index (κ3) is 7.42. The Kier molecular flexibility index (Phi) is 10.6. The lowest BCUT2D eigenvalue weighted by atomic mass is 9.98. The number of rotatable bonds is 13. The minimum Gasteiger partial charge on any atom is -0.497 e. The van der Waals surface area contributed by atoms with E-state index < -0.39 is 0 Å². The fraction of sp³-hybridized carbons (Fsp3) is 0.216. The van der Waals surface area contributed by atoms with Crippen LogP contribution in [0, 0.1) is 0 Å². The summed E-state index contributed by atoms with van der Waals surface area (Å²) in [6, 6.07) is 29.3. The summed E-state index contributed by atoms with van der Waals surface area (Å²) >= 11 is 1.23. The van der Waals surface area contributed by atoms with Gasteiger partial charge in [0.25, 0.3) is 11.8 Å². The summed E-state index contributed by atoms with van der Waals surface area (Å²) in [5.41, 5.74) is 3.74. The molecule has 13 heteroatoms. The van der Waals surface area contributed by atoms with Gasteiger partial charge in [-0.1, -0.05) is 42.1 Å². The SMILES string of the molecule is COc1ccc(C2=NN(C(=O)CSc3nnc(CNC(=O)c4cccc(OC)c4)n3-c3ccccc3OC)[C@@H](c3ccc(OC)cc3)C2)cc1. The first-order chi connectivity index (χ1) is 24.4. The Balaban J connectivity index is 1.26. The number of hydrogen-bond donors (Lipinski definition) is 1. The van der Waals surface area contributed by atoms with E-state index in [9.17, 15) is 9.59 Å². The highest BCUT2D eigenvalue weighted by atomic mass is 32.2. The monoisotopic (exact) mass is 692 g/mol. The number of carbonyl (C=O) groups is 2. The molecule has 0 fully saturated rings. The van der Waals surface area contributed by atoms with Crippen molar-refractivity contribution in [3.05, 3.63) is 120 Å². The molecule has 5 aromatic rings. The highest BCUT2D eigenvalue weighted by molar-refractivity contribution is 7.99. The summed E-state index contributed by atoms with van der Waals surface area (Å²) in [7, 11) is 6.36. The molecular weight excluding hydrogens is 657 g/mol. The van der Waals surface area contributed by atoms with Crippen molar-refractivity contribution in [1.82, 2.24) is 25.1 Å². The largest absolute Gasteiger partial charge is 0.497 e. The molecule has 1 N–H and O–H groups in total. The van der Waals surface area contributed by atoms with Crippen LogP contribution in [0.2, 0.25) is 0 Å². The minimum absolute atomic E-state index is 0.0233. The summed E-state index contributed by atoms with van der Waals surface area (Å²) in [4.78, 5) is 27.0. The second kappa shape index (κ2) is 15.6. The van der Waals surface area contributed by atoms with E-state index in [1.54, 1.807) is 62.3 Å². The van der Waals surface area contributed by atoms with Crippen LogP contribution in [0.15, 0.2) is 107 Å². The van der Waals surface area contributed by atoms with E-state index in [0.717, 1.165) is 28.3 Å². The van der Waals surface area contributed by atoms with Crippen LogP contribution in [0.1, 0.15) is 39.8 Å². The second-order valence-electron chi connectivity index (χ2n) is 11.1. The van der Waals surface area contributed by atoms with Crippen LogP contribution >= 0.6 is 11.8 Å². The Morgan fingerprint density at radius 3 is 2.20 bits per heavy atom. The van der Waals surface area contributed by atoms with E-state index in [2.05, 4.69) is 15.5 Å². The van der Waals surface area contributed by atoms with E-state index in [1.165, 1.54) is 11.8 Å². The second-order valence-corrected chi connectivity index (χ2v) is 12.1. The van der Waals surface area contributed by atoms with Crippen molar-refractivity contribution in [3.63, 3.8) is 0 Å². The molecule has 0 unspecified atom stereocenters. The molecule has 2 amide bonds. The number of hydrogen-bond acceptors (Lipinski definition) is 10. The van der Waals surface area contributed by atoms with Crippen molar-refractivity contribution >= 4 is 29.3 Å².